The molecular formula is C16H22FN3O3. The van der Waals surface area contributed by atoms with Crippen LogP contribution in [0.25, 0.3) is 0 Å². The second kappa shape index (κ2) is 6.85. The van der Waals surface area contributed by atoms with E-state index < -0.39 is 11.4 Å². The summed E-state index contributed by atoms with van der Waals surface area (Å²) in [4.78, 5) is 26.4. The molecule has 0 aliphatic carbocycles. The van der Waals surface area contributed by atoms with Gasteiger partial charge in [0, 0.05) is 26.2 Å². The Labute approximate surface area is 135 Å². The molecule has 1 fully saturated rings. The zero-order valence-electron chi connectivity index (χ0n) is 13.6. The maximum atomic E-state index is 13.3. The molecule has 0 aromatic heterocycles. The zero-order valence-corrected chi connectivity index (χ0v) is 13.6. The van der Waals surface area contributed by atoms with Crippen molar-refractivity contribution < 1.29 is 18.7 Å². The van der Waals surface area contributed by atoms with Gasteiger partial charge in [0.25, 0.3) is 0 Å². The molecule has 1 saturated heterocycles. The number of nitrogens with one attached hydrogen (secondary N) is 1. The summed E-state index contributed by atoms with van der Waals surface area (Å²) in [5.41, 5.74) is 0.639. The Morgan fingerprint density at radius 2 is 1.91 bits per heavy atom. The monoisotopic (exact) mass is 323 g/mol. The Kier molecular flexibility index (Phi) is 5.08. The van der Waals surface area contributed by atoms with Gasteiger partial charge in [-0.1, -0.05) is 0 Å². The Balaban J connectivity index is 2.02. The highest BCUT2D eigenvalue weighted by Gasteiger charge is 2.26. The fourth-order valence-corrected chi connectivity index (χ4v) is 2.42. The average molecular weight is 323 g/mol. The number of carbonyl (C=O) groups is 2. The van der Waals surface area contributed by atoms with Crippen molar-refractivity contribution in [1.29, 1.82) is 0 Å². The van der Waals surface area contributed by atoms with E-state index in [1.165, 1.54) is 12.1 Å². The van der Waals surface area contributed by atoms with Crippen molar-refractivity contribution in [2.24, 2.45) is 0 Å². The average Bonchev–Trinajstić information content (AvgIpc) is 2.46. The summed E-state index contributed by atoms with van der Waals surface area (Å²) in [6.07, 6.45) is 0.192. The van der Waals surface area contributed by atoms with Gasteiger partial charge in [0.1, 0.15) is 11.4 Å². The lowest BCUT2D eigenvalue weighted by Gasteiger charge is -2.37. The lowest BCUT2D eigenvalue weighted by atomic mass is 10.2. The predicted molar refractivity (Wildman–Crippen MR) is 86.1 cm³/mol. The number of nitrogens with zero attached hydrogens (tertiary/aromatic N) is 2. The number of carbonyl (C=O) groups excluding carboxylic acids is 2. The number of hydrogen-bond acceptors (Lipinski definition) is 4. The second-order valence-corrected chi connectivity index (χ2v) is 6.38. The first-order valence-corrected chi connectivity index (χ1v) is 7.53. The molecule has 2 amide bonds. The largest absolute Gasteiger partial charge is 0.444 e. The van der Waals surface area contributed by atoms with Crippen LogP contribution in [0.5, 0.6) is 0 Å². The van der Waals surface area contributed by atoms with Gasteiger partial charge < -0.3 is 19.9 Å². The van der Waals surface area contributed by atoms with Crippen LogP contribution in [0.2, 0.25) is 0 Å². The van der Waals surface area contributed by atoms with Gasteiger partial charge in [-0.15, -0.1) is 0 Å². The molecule has 23 heavy (non-hydrogen) atoms. The second-order valence-electron chi connectivity index (χ2n) is 6.38. The van der Waals surface area contributed by atoms with E-state index in [1.807, 2.05) is 25.7 Å². The lowest BCUT2D eigenvalue weighted by Crippen LogP contribution is -2.50. The normalized spacial score (nSPS) is 15.3. The number of ether oxygens (including phenoxy) is 1. The molecule has 1 N–H and O–H groups in total. The summed E-state index contributed by atoms with van der Waals surface area (Å²) < 4.78 is 18.7. The van der Waals surface area contributed by atoms with Gasteiger partial charge in [-0.2, -0.15) is 0 Å². The third-order valence-corrected chi connectivity index (χ3v) is 3.45. The number of amides is 2. The van der Waals surface area contributed by atoms with E-state index >= 15 is 0 Å². The summed E-state index contributed by atoms with van der Waals surface area (Å²) >= 11 is 0. The molecule has 2 rings (SSSR count). The lowest BCUT2D eigenvalue weighted by molar-refractivity contribution is -0.105. The highest BCUT2D eigenvalue weighted by molar-refractivity contribution is 5.81. The van der Waals surface area contributed by atoms with Gasteiger partial charge >= 0.3 is 6.09 Å². The molecule has 1 heterocycles. The summed E-state index contributed by atoms with van der Waals surface area (Å²) in [5.74, 6) is -0.412. The SMILES string of the molecule is CC(C)(C)OC(=O)N1CCN(c2ccc(F)cc2NC=O)CC1. The number of rotatable bonds is 3. The van der Waals surface area contributed by atoms with Crippen LogP contribution in [-0.4, -0.2) is 49.2 Å². The van der Waals surface area contributed by atoms with Crippen LogP contribution in [0.3, 0.4) is 0 Å². The smallest absolute Gasteiger partial charge is 0.410 e. The molecule has 0 atom stereocenters. The van der Waals surface area contributed by atoms with Gasteiger partial charge in [-0.25, -0.2) is 9.18 Å². The minimum atomic E-state index is -0.522. The van der Waals surface area contributed by atoms with Crippen LogP contribution < -0.4 is 10.2 Å². The van der Waals surface area contributed by atoms with E-state index in [0.717, 1.165) is 5.69 Å². The molecule has 6 nitrogen and oxygen atoms in total. The Hall–Kier alpha value is -2.31. The van der Waals surface area contributed by atoms with Crippen LogP contribution in [0.4, 0.5) is 20.6 Å². The van der Waals surface area contributed by atoms with E-state index in [2.05, 4.69) is 5.32 Å². The number of anilines is 2. The first-order valence-electron chi connectivity index (χ1n) is 7.53. The van der Waals surface area contributed by atoms with Gasteiger partial charge in [0.2, 0.25) is 6.41 Å². The topological polar surface area (TPSA) is 61.9 Å². The third-order valence-electron chi connectivity index (χ3n) is 3.45. The van der Waals surface area contributed by atoms with E-state index in [0.29, 0.717) is 38.3 Å². The van der Waals surface area contributed by atoms with E-state index in [9.17, 15) is 14.0 Å². The summed E-state index contributed by atoms with van der Waals surface area (Å²) in [6, 6.07) is 4.26. The maximum absolute atomic E-state index is 13.3. The standard InChI is InChI=1S/C16H22FN3O3/c1-16(2,3)23-15(22)20-8-6-19(7-9-20)14-5-4-12(17)10-13(14)18-11-21/h4-5,10-11H,6-9H2,1-3H3,(H,18,21). The van der Waals surface area contributed by atoms with Crippen LogP contribution in [-0.2, 0) is 9.53 Å². The first kappa shape index (κ1) is 17.1. The molecule has 1 aromatic rings. The molecule has 126 valence electrons. The molecule has 1 aliphatic heterocycles. The highest BCUT2D eigenvalue weighted by Crippen LogP contribution is 2.27. The van der Waals surface area contributed by atoms with Gasteiger partial charge in [-0.3, -0.25) is 4.79 Å². The van der Waals surface area contributed by atoms with Gasteiger partial charge in [0.05, 0.1) is 11.4 Å². The number of halogens is 1. The summed E-state index contributed by atoms with van der Waals surface area (Å²) in [5, 5.41) is 2.51. The van der Waals surface area contributed by atoms with Crippen LogP contribution in [0.1, 0.15) is 20.8 Å². The first-order chi connectivity index (χ1) is 10.8. The van der Waals surface area contributed by atoms with Crippen molar-refractivity contribution in [3.63, 3.8) is 0 Å². The molecule has 7 heteroatoms. The van der Waals surface area contributed by atoms with Gasteiger partial charge in [-0.05, 0) is 39.0 Å². The van der Waals surface area contributed by atoms with Crippen molar-refractivity contribution in [2.45, 2.75) is 26.4 Å². The van der Waals surface area contributed by atoms with Crippen molar-refractivity contribution in [3.05, 3.63) is 24.0 Å². The predicted octanol–water partition coefficient (Wildman–Crippen LogP) is 2.45. The highest BCUT2D eigenvalue weighted by atomic mass is 19.1. The third kappa shape index (κ3) is 4.58. The summed E-state index contributed by atoms with van der Waals surface area (Å²) in [7, 11) is 0. The van der Waals surface area contributed by atoms with Crippen molar-refractivity contribution in [2.75, 3.05) is 36.4 Å². The number of benzene rings is 1. The minimum Gasteiger partial charge on any atom is -0.444 e. The van der Waals surface area contributed by atoms with E-state index in [1.54, 1.807) is 11.0 Å². The van der Waals surface area contributed by atoms with E-state index in [-0.39, 0.29) is 6.09 Å². The number of hydrogen-bond donors (Lipinski definition) is 1. The fraction of sp³-hybridized carbons (Fsp3) is 0.500. The summed E-state index contributed by atoms with van der Waals surface area (Å²) in [6.45, 7) is 7.67. The van der Waals surface area contributed by atoms with Crippen molar-refractivity contribution >= 4 is 23.9 Å². The van der Waals surface area contributed by atoms with Gasteiger partial charge in [0.15, 0.2) is 0 Å². The van der Waals surface area contributed by atoms with Crippen molar-refractivity contribution in [1.82, 2.24) is 4.90 Å². The number of piperazine rings is 1. The van der Waals surface area contributed by atoms with Crippen LogP contribution >= 0.6 is 0 Å². The molecule has 0 bridgehead atoms. The Bertz CT molecular complexity index is 578. The maximum Gasteiger partial charge on any atom is 0.410 e. The molecule has 1 aliphatic rings. The molecule has 0 spiro atoms. The Morgan fingerprint density at radius 1 is 1.26 bits per heavy atom. The zero-order chi connectivity index (χ0) is 17.0. The molecule has 0 unspecified atom stereocenters. The molecule has 0 saturated carbocycles. The van der Waals surface area contributed by atoms with Crippen LogP contribution in [0, 0.1) is 5.82 Å². The van der Waals surface area contributed by atoms with Crippen LogP contribution in [0.15, 0.2) is 18.2 Å². The Morgan fingerprint density at radius 3 is 2.48 bits per heavy atom. The quantitative estimate of drug-likeness (QED) is 0.868. The fourth-order valence-electron chi connectivity index (χ4n) is 2.42. The minimum absolute atomic E-state index is 0.331. The van der Waals surface area contributed by atoms with Crippen molar-refractivity contribution in [3.8, 4) is 0 Å². The molecule has 0 radical (unpaired) electrons. The molecular weight excluding hydrogens is 301 g/mol. The van der Waals surface area contributed by atoms with E-state index in [4.69, 9.17) is 4.74 Å². The molecule has 1 aromatic carbocycles.